The van der Waals surface area contributed by atoms with Crippen LogP contribution in [-0.4, -0.2) is 21.8 Å². The van der Waals surface area contributed by atoms with E-state index < -0.39 is 6.10 Å². The van der Waals surface area contributed by atoms with Crippen molar-refractivity contribution in [2.75, 3.05) is 5.32 Å². The summed E-state index contributed by atoms with van der Waals surface area (Å²) in [7, 11) is 0. The molecule has 1 atom stereocenters. The quantitative estimate of drug-likeness (QED) is 0.667. The van der Waals surface area contributed by atoms with Crippen LogP contribution in [0.5, 0.6) is 5.75 Å². The molecule has 0 aliphatic heterocycles. The molecule has 30 heavy (non-hydrogen) atoms. The number of benzene rings is 2. The van der Waals surface area contributed by atoms with Crippen molar-refractivity contribution in [2.24, 2.45) is 0 Å². The highest BCUT2D eigenvalue weighted by Gasteiger charge is 2.27. The summed E-state index contributed by atoms with van der Waals surface area (Å²) in [4.78, 5) is 12.9. The summed E-state index contributed by atoms with van der Waals surface area (Å²) in [6.45, 7) is 9.92. The molecule has 0 radical (unpaired) electrons. The zero-order valence-corrected chi connectivity index (χ0v) is 17.9. The Morgan fingerprint density at radius 3 is 2.50 bits per heavy atom. The molecule has 6 nitrogen and oxygen atoms in total. The third-order valence-corrected chi connectivity index (χ3v) is 4.72. The van der Waals surface area contributed by atoms with Gasteiger partial charge >= 0.3 is 0 Å². The fourth-order valence-electron chi connectivity index (χ4n) is 3.23. The van der Waals surface area contributed by atoms with Gasteiger partial charge in [0, 0.05) is 11.0 Å². The summed E-state index contributed by atoms with van der Waals surface area (Å²) in [5.74, 6) is 0.802. The standard InChI is InChI=1S/C24H26N4O2/c1-16-21(24(3,4)5)27-28(19-11-7-6-8-12-19)22(16)26-23(29)17(2)30-20-13-9-10-18(14-20)15-25/h6-14,17H,1-5H3,(H,26,29). The van der Waals surface area contributed by atoms with Crippen LogP contribution in [0.25, 0.3) is 5.69 Å². The molecule has 1 heterocycles. The van der Waals surface area contributed by atoms with Crippen LogP contribution in [0, 0.1) is 18.3 Å². The van der Waals surface area contributed by atoms with Gasteiger partial charge in [-0.05, 0) is 44.2 Å². The summed E-state index contributed by atoms with van der Waals surface area (Å²) in [5.41, 5.74) is 2.99. The average molecular weight is 402 g/mol. The predicted molar refractivity (Wildman–Crippen MR) is 117 cm³/mol. The lowest BCUT2D eigenvalue weighted by Crippen LogP contribution is -2.31. The van der Waals surface area contributed by atoms with E-state index in [9.17, 15) is 4.79 Å². The molecule has 0 saturated carbocycles. The summed E-state index contributed by atoms with van der Waals surface area (Å²) < 4.78 is 7.52. The third-order valence-electron chi connectivity index (χ3n) is 4.72. The number of nitrogens with one attached hydrogen (secondary N) is 1. The Morgan fingerprint density at radius 1 is 1.17 bits per heavy atom. The van der Waals surface area contributed by atoms with E-state index in [0.717, 1.165) is 16.9 Å². The van der Waals surface area contributed by atoms with Crippen LogP contribution in [0.3, 0.4) is 0 Å². The summed E-state index contributed by atoms with van der Waals surface area (Å²) in [5, 5.41) is 16.8. The van der Waals surface area contributed by atoms with Crippen molar-refractivity contribution in [3.8, 4) is 17.5 Å². The van der Waals surface area contributed by atoms with Gasteiger partial charge in [0.15, 0.2) is 6.10 Å². The number of hydrogen-bond acceptors (Lipinski definition) is 4. The van der Waals surface area contributed by atoms with E-state index in [0.29, 0.717) is 17.1 Å². The lowest BCUT2D eigenvalue weighted by atomic mass is 9.90. The van der Waals surface area contributed by atoms with Crippen LogP contribution in [0.15, 0.2) is 54.6 Å². The Bertz CT molecular complexity index is 1090. The number of nitriles is 1. The molecule has 154 valence electrons. The van der Waals surface area contributed by atoms with E-state index in [-0.39, 0.29) is 11.3 Å². The molecule has 0 fully saturated rings. The summed E-state index contributed by atoms with van der Waals surface area (Å²) >= 11 is 0. The smallest absolute Gasteiger partial charge is 0.266 e. The van der Waals surface area contributed by atoms with Crippen LogP contribution >= 0.6 is 0 Å². The second-order valence-corrected chi connectivity index (χ2v) is 8.21. The van der Waals surface area contributed by atoms with E-state index in [1.807, 2.05) is 37.3 Å². The molecule has 1 aromatic heterocycles. The zero-order chi connectivity index (χ0) is 21.9. The number of rotatable bonds is 5. The second kappa shape index (κ2) is 8.42. The van der Waals surface area contributed by atoms with Gasteiger partial charge in [-0.1, -0.05) is 45.0 Å². The molecule has 0 bridgehead atoms. The molecule has 1 unspecified atom stereocenters. The molecule has 0 aliphatic rings. The topological polar surface area (TPSA) is 79.9 Å². The molecule has 0 aliphatic carbocycles. The second-order valence-electron chi connectivity index (χ2n) is 8.21. The maximum absolute atomic E-state index is 12.9. The lowest BCUT2D eigenvalue weighted by molar-refractivity contribution is -0.122. The molecular weight excluding hydrogens is 376 g/mol. The maximum atomic E-state index is 12.9. The molecule has 3 rings (SSSR count). The molecule has 0 saturated heterocycles. The first kappa shape index (κ1) is 21.1. The van der Waals surface area contributed by atoms with Crippen LogP contribution in [-0.2, 0) is 10.2 Å². The van der Waals surface area contributed by atoms with Crippen molar-refractivity contribution in [3.05, 3.63) is 71.4 Å². The van der Waals surface area contributed by atoms with Crippen molar-refractivity contribution >= 4 is 11.7 Å². The fraction of sp³-hybridized carbons (Fsp3) is 0.292. The summed E-state index contributed by atoms with van der Waals surface area (Å²) in [6, 6.07) is 18.5. The highest BCUT2D eigenvalue weighted by Crippen LogP contribution is 2.31. The SMILES string of the molecule is Cc1c(C(C)(C)C)nn(-c2ccccc2)c1NC(=O)C(C)Oc1cccc(C#N)c1. The Morgan fingerprint density at radius 2 is 1.87 bits per heavy atom. The van der Waals surface area contributed by atoms with Crippen LogP contribution < -0.4 is 10.1 Å². The van der Waals surface area contributed by atoms with Crippen LogP contribution in [0.2, 0.25) is 0 Å². The number of anilines is 1. The molecule has 0 spiro atoms. The third kappa shape index (κ3) is 4.52. The van der Waals surface area contributed by atoms with E-state index in [4.69, 9.17) is 15.1 Å². The average Bonchev–Trinajstić information content (AvgIpc) is 3.05. The molecule has 1 amide bonds. The normalized spacial score (nSPS) is 12.1. The highest BCUT2D eigenvalue weighted by atomic mass is 16.5. The first-order valence-corrected chi connectivity index (χ1v) is 9.84. The number of hydrogen-bond donors (Lipinski definition) is 1. The van der Waals surface area contributed by atoms with Crippen molar-refractivity contribution in [1.29, 1.82) is 5.26 Å². The Kier molecular flexibility index (Phi) is 5.93. The first-order valence-electron chi connectivity index (χ1n) is 9.84. The number of para-hydroxylation sites is 1. The molecule has 1 N–H and O–H groups in total. The highest BCUT2D eigenvalue weighted by molar-refractivity contribution is 5.94. The van der Waals surface area contributed by atoms with Gasteiger partial charge in [-0.3, -0.25) is 4.79 Å². The minimum absolute atomic E-state index is 0.177. The van der Waals surface area contributed by atoms with Gasteiger partial charge in [0.2, 0.25) is 0 Å². The minimum Gasteiger partial charge on any atom is -0.481 e. The predicted octanol–water partition coefficient (Wildman–Crippen LogP) is 4.76. The Balaban J connectivity index is 1.90. The molecule has 3 aromatic rings. The monoisotopic (exact) mass is 402 g/mol. The van der Waals surface area contributed by atoms with Gasteiger partial charge in [0.1, 0.15) is 11.6 Å². The van der Waals surface area contributed by atoms with Crippen LogP contribution in [0.4, 0.5) is 5.82 Å². The number of ether oxygens (including phenoxy) is 1. The minimum atomic E-state index is -0.754. The van der Waals surface area contributed by atoms with E-state index in [1.54, 1.807) is 35.9 Å². The van der Waals surface area contributed by atoms with Crippen molar-refractivity contribution < 1.29 is 9.53 Å². The van der Waals surface area contributed by atoms with Crippen molar-refractivity contribution in [3.63, 3.8) is 0 Å². The van der Waals surface area contributed by atoms with Gasteiger partial charge < -0.3 is 10.1 Å². The number of carbonyl (C=O) groups is 1. The van der Waals surface area contributed by atoms with Crippen LogP contribution in [0.1, 0.15) is 44.5 Å². The van der Waals surface area contributed by atoms with Gasteiger partial charge in [-0.25, -0.2) is 4.68 Å². The van der Waals surface area contributed by atoms with E-state index in [2.05, 4.69) is 32.2 Å². The number of aromatic nitrogens is 2. The molecular formula is C24H26N4O2. The van der Waals surface area contributed by atoms with E-state index >= 15 is 0 Å². The Labute approximate surface area is 177 Å². The van der Waals surface area contributed by atoms with Gasteiger partial charge in [-0.15, -0.1) is 0 Å². The van der Waals surface area contributed by atoms with Gasteiger partial charge in [-0.2, -0.15) is 10.4 Å². The lowest BCUT2D eigenvalue weighted by Gasteiger charge is -2.17. The van der Waals surface area contributed by atoms with Gasteiger partial charge in [0.05, 0.1) is 23.0 Å². The largest absolute Gasteiger partial charge is 0.481 e. The number of carbonyl (C=O) groups excluding carboxylic acids is 1. The maximum Gasteiger partial charge on any atom is 0.266 e. The first-order chi connectivity index (χ1) is 14.2. The van der Waals surface area contributed by atoms with Crippen molar-refractivity contribution in [1.82, 2.24) is 9.78 Å². The van der Waals surface area contributed by atoms with Crippen molar-refractivity contribution in [2.45, 2.75) is 46.1 Å². The zero-order valence-electron chi connectivity index (χ0n) is 17.9. The molecule has 6 heteroatoms. The summed E-state index contributed by atoms with van der Waals surface area (Å²) in [6.07, 6.45) is -0.754. The molecule has 2 aromatic carbocycles. The number of amides is 1. The number of nitrogens with zero attached hydrogens (tertiary/aromatic N) is 3. The van der Waals surface area contributed by atoms with Gasteiger partial charge in [0.25, 0.3) is 5.91 Å². The Hall–Kier alpha value is -3.59. The fourth-order valence-corrected chi connectivity index (χ4v) is 3.23. The van der Waals surface area contributed by atoms with E-state index in [1.165, 1.54) is 0 Å².